The zero-order valence-electron chi connectivity index (χ0n) is 7.70. The molecule has 2 saturated heterocycles. The van der Waals surface area contributed by atoms with Crippen molar-refractivity contribution in [2.75, 3.05) is 6.61 Å². The molecular weight excluding hydrogens is 168 g/mol. The molecule has 2 heterocycles. The van der Waals surface area contributed by atoms with Gasteiger partial charge in [-0.05, 0) is 31.1 Å². The maximum atomic E-state index is 10.1. The maximum Gasteiger partial charge on any atom is 0.166 e. The fraction of sp³-hybridized carbons (Fsp3) is 1.00. The van der Waals surface area contributed by atoms with E-state index in [0.717, 1.165) is 25.7 Å². The molecule has 74 valence electrons. The normalized spacial score (nSPS) is 58.6. The van der Waals surface area contributed by atoms with Crippen LogP contribution in [0.2, 0.25) is 0 Å². The van der Waals surface area contributed by atoms with Crippen molar-refractivity contribution in [3.05, 3.63) is 0 Å². The molecule has 4 bridgehead atoms. The lowest BCUT2D eigenvalue weighted by Crippen LogP contribution is -2.62. The summed E-state index contributed by atoms with van der Waals surface area (Å²) in [5, 5.41) is 19.4. The first kappa shape index (κ1) is 8.21. The first-order valence-corrected chi connectivity index (χ1v) is 5.17. The third-order valence-electron chi connectivity index (χ3n) is 3.90. The lowest BCUT2D eigenvalue weighted by atomic mass is 9.61. The lowest BCUT2D eigenvalue weighted by molar-refractivity contribution is -0.360. The van der Waals surface area contributed by atoms with E-state index in [1.165, 1.54) is 6.42 Å². The maximum absolute atomic E-state index is 10.1. The molecule has 4 rings (SSSR count). The van der Waals surface area contributed by atoms with Crippen LogP contribution in [0.4, 0.5) is 0 Å². The van der Waals surface area contributed by atoms with Crippen LogP contribution >= 0.6 is 0 Å². The van der Waals surface area contributed by atoms with Crippen molar-refractivity contribution in [1.82, 2.24) is 0 Å². The van der Waals surface area contributed by atoms with Gasteiger partial charge < -0.3 is 14.9 Å². The minimum atomic E-state index is -0.896. The van der Waals surface area contributed by atoms with Crippen LogP contribution < -0.4 is 0 Å². The summed E-state index contributed by atoms with van der Waals surface area (Å²) < 4.78 is 5.65. The molecule has 2 aliphatic heterocycles. The summed E-state index contributed by atoms with van der Waals surface area (Å²) >= 11 is 0. The molecule has 0 radical (unpaired) electrons. The van der Waals surface area contributed by atoms with E-state index in [0.29, 0.717) is 11.8 Å². The van der Waals surface area contributed by atoms with Gasteiger partial charge in [-0.15, -0.1) is 0 Å². The summed E-state index contributed by atoms with van der Waals surface area (Å²) in [6, 6.07) is 0. The SMILES string of the molecule is OCC12CC3CC(CC(O)(C3)O1)C2. The number of ether oxygens (including phenoxy) is 1. The van der Waals surface area contributed by atoms with Gasteiger partial charge in [0.15, 0.2) is 5.79 Å². The monoisotopic (exact) mass is 184 g/mol. The smallest absolute Gasteiger partial charge is 0.166 e. The molecule has 0 aromatic rings. The van der Waals surface area contributed by atoms with Crippen molar-refractivity contribution in [2.45, 2.75) is 43.5 Å². The molecule has 0 spiro atoms. The number of rotatable bonds is 1. The second-order valence-electron chi connectivity index (χ2n) is 5.17. The molecule has 3 nitrogen and oxygen atoms in total. The van der Waals surface area contributed by atoms with Crippen LogP contribution in [0, 0.1) is 11.8 Å². The van der Waals surface area contributed by atoms with Gasteiger partial charge in [0.2, 0.25) is 0 Å². The Bertz CT molecular complexity index is 224. The van der Waals surface area contributed by atoms with Gasteiger partial charge in [-0.25, -0.2) is 0 Å². The third kappa shape index (κ3) is 1.07. The molecule has 2 aliphatic carbocycles. The van der Waals surface area contributed by atoms with E-state index >= 15 is 0 Å². The van der Waals surface area contributed by atoms with Gasteiger partial charge in [-0.3, -0.25) is 0 Å². The average Bonchev–Trinajstić information content (AvgIpc) is 1.99. The van der Waals surface area contributed by atoms with Gasteiger partial charge in [0.25, 0.3) is 0 Å². The van der Waals surface area contributed by atoms with Crippen LogP contribution in [-0.4, -0.2) is 28.2 Å². The Morgan fingerprint density at radius 3 is 2.23 bits per heavy atom. The van der Waals surface area contributed by atoms with Gasteiger partial charge in [0, 0.05) is 12.8 Å². The summed E-state index contributed by atoms with van der Waals surface area (Å²) in [5.41, 5.74) is -0.390. The highest BCUT2D eigenvalue weighted by molar-refractivity contribution is 5.04. The van der Waals surface area contributed by atoms with Gasteiger partial charge in [0.1, 0.15) is 0 Å². The van der Waals surface area contributed by atoms with Crippen molar-refractivity contribution in [2.24, 2.45) is 11.8 Å². The van der Waals surface area contributed by atoms with E-state index < -0.39 is 11.4 Å². The largest absolute Gasteiger partial charge is 0.393 e. The van der Waals surface area contributed by atoms with Gasteiger partial charge in [-0.2, -0.15) is 0 Å². The molecular formula is C10H16O3. The van der Waals surface area contributed by atoms with Crippen molar-refractivity contribution in [1.29, 1.82) is 0 Å². The second kappa shape index (κ2) is 2.27. The molecule has 4 aliphatic rings. The minimum absolute atomic E-state index is 0.0717. The summed E-state index contributed by atoms with van der Waals surface area (Å²) in [4.78, 5) is 0. The first-order valence-electron chi connectivity index (χ1n) is 5.17. The van der Waals surface area contributed by atoms with Crippen molar-refractivity contribution in [3.8, 4) is 0 Å². The van der Waals surface area contributed by atoms with Crippen LogP contribution in [0.1, 0.15) is 32.1 Å². The Labute approximate surface area is 77.7 Å². The Kier molecular flexibility index (Phi) is 1.43. The van der Waals surface area contributed by atoms with Gasteiger partial charge in [-0.1, -0.05) is 0 Å². The predicted molar refractivity (Wildman–Crippen MR) is 45.9 cm³/mol. The van der Waals surface area contributed by atoms with E-state index in [1.54, 1.807) is 0 Å². The highest BCUT2D eigenvalue weighted by atomic mass is 16.6. The van der Waals surface area contributed by atoms with Gasteiger partial charge in [0.05, 0.1) is 12.2 Å². The zero-order chi connectivity index (χ0) is 9.10. The fourth-order valence-electron chi connectivity index (χ4n) is 3.80. The van der Waals surface area contributed by atoms with Gasteiger partial charge >= 0.3 is 0 Å². The third-order valence-corrected chi connectivity index (χ3v) is 3.90. The first-order chi connectivity index (χ1) is 6.13. The summed E-state index contributed by atoms with van der Waals surface area (Å²) in [5.74, 6) is 0.268. The summed E-state index contributed by atoms with van der Waals surface area (Å²) in [6.07, 6.45) is 4.69. The fourth-order valence-corrected chi connectivity index (χ4v) is 3.80. The quantitative estimate of drug-likeness (QED) is 0.629. The molecule has 0 aromatic heterocycles. The highest BCUT2D eigenvalue weighted by Gasteiger charge is 2.58. The Morgan fingerprint density at radius 2 is 1.77 bits per heavy atom. The van der Waals surface area contributed by atoms with Crippen molar-refractivity contribution in [3.63, 3.8) is 0 Å². The number of hydrogen-bond donors (Lipinski definition) is 2. The van der Waals surface area contributed by atoms with Crippen LogP contribution in [0.3, 0.4) is 0 Å². The Balaban J connectivity index is 1.95. The molecule has 0 aromatic carbocycles. The number of aliphatic hydroxyl groups excluding tert-OH is 1. The molecule has 0 amide bonds. The van der Waals surface area contributed by atoms with Crippen molar-refractivity contribution < 1.29 is 14.9 Å². The minimum Gasteiger partial charge on any atom is -0.393 e. The van der Waals surface area contributed by atoms with Crippen LogP contribution in [0.15, 0.2) is 0 Å². The number of hydrogen-bond acceptors (Lipinski definition) is 3. The molecule has 2 unspecified atom stereocenters. The predicted octanol–water partition coefficient (Wildman–Crippen LogP) is 0.646. The Hall–Kier alpha value is -0.120. The highest BCUT2D eigenvalue weighted by Crippen LogP contribution is 2.56. The van der Waals surface area contributed by atoms with E-state index in [2.05, 4.69) is 0 Å². The molecule has 2 N–H and O–H groups in total. The molecule has 3 heteroatoms. The lowest BCUT2D eigenvalue weighted by Gasteiger charge is -2.59. The van der Waals surface area contributed by atoms with E-state index in [-0.39, 0.29) is 6.61 Å². The molecule has 4 fully saturated rings. The van der Waals surface area contributed by atoms with E-state index in [4.69, 9.17) is 4.74 Å². The van der Waals surface area contributed by atoms with Crippen molar-refractivity contribution >= 4 is 0 Å². The Morgan fingerprint density at radius 1 is 1.15 bits per heavy atom. The summed E-state index contributed by atoms with van der Waals surface area (Å²) in [6.45, 7) is 0.0717. The van der Waals surface area contributed by atoms with Crippen LogP contribution in [0.25, 0.3) is 0 Å². The second-order valence-corrected chi connectivity index (χ2v) is 5.17. The average molecular weight is 184 g/mol. The standard InChI is InChI=1S/C10H16O3/c11-6-9-2-7-1-8(3-9)5-10(12,4-7)13-9/h7-8,11-12H,1-6H2. The summed E-state index contributed by atoms with van der Waals surface area (Å²) in [7, 11) is 0. The molecule has 2 atom stereocenters. The number of aliphatic hydroxyl groups is 2. The van der Waals surface area contributed by atoms with Crippen LogP contribution in [-0.2, 0) is 4.74 Å². The van der Waals surface area contributed by atoms with E-state index in [9.17, 15) is 10.2 Å². The van der Waals surface area contributed by atoms with Crippen LogP contribution in [0.5, 0.6) is 0 Å². The molecule has 13 heavy (non-hydrogen) atoms. The topological polar surface area (TPSA) is 49.7 Å². The molecule has 2 saturated carbocycles. The van der Waals surface area contributed by atoms with E-state index in [1.807, 2.05) is 0 Å². The zero-order valence-corrected chi connectivity index (χ0v) is 7.70.